The highest BCUT2D eigenvalue weighted by Gasteiger charge is 2.42. The molecule has 1 saturated heterocycles. The van der Waals surface area contributed by atoms with Crippen LogP contribution in [0.3, 0.4) is 0 Å². The number of hydrogen-bond donors (Lipinski definition) is 1. The molecule has 0 aromatic rings. The molecule has 2 atom stereocenters. The van der Waals surface area contributed by atoms with Crippen LogP contribution in [0.15, 0.2) is 0 Å². The molecule has 1 spiro atoms. The quantitative estimate of drug-likeness (QED) is 0.663. The molecule has 76 valence electrons. The first-order chi connectivity index (χ1) is 6.27. The van der Waals surface area contributed by atoms with Crippen LogP contribution in [-0.4, -0.2) is 37.1 Å². The third kappa shape index (κ3) is 1.62. The maximum Gasteiger partial charge on any atom is 0.0221 e. The van der Waals surface area contributed by atoms with Crippen LogP contribution in [0.4, 0.5) is 0 Å². The van der Waals surface area contributed by atoms with Crippen LogP contribution >= 0.6 is 0 Å². The normalized spacial score (nSPS) is 41.5. The van der Waals surface area contributed by atoms with E-state index in [2.05, 4.69) is 24.3 Å². The van der Waals surface area contributed by atoms with Crippen molar-refractivity contribution in [3.8, 4) is 0 Å². The van der Waals surface area contributed by atoms with Crippen molar-refractivity contribution in [3.63, 3.8) is 0 Å². The Kier molecular flexibility index (Phi) is 2.61. The van der Waals surface area contributed by atoms with Crippen molar-refractivity contribution in [1.29, 1.82) is 0 Å². The molecule has 2 rings (SSSR count). The van der Waals surface area contributed by atoms with Crippen molar-refractivity contribution in [2.24, 2.45) is 0 Å². The Morgan fingerprint density at radius 2 is 2.15 bits per heavy atom. The molecule has 0 aromatic carbocycles. The summed E-state index contributed by atoms with van der Waals surface area (Å²) in [6.07, 6.45) is 8.45. The molecule has 0 aromatic heterocycles. The van der Waals surface area contributed by atoms with Crippen LogP contribution in [0.2, 0.25) is 0 Å². The van der Waals surface area contributed by atoms with Gasteiger partial charge in [0.15, 0.2) is 0 Å². The molecular weight excluding hydrogens is 160 g/mol. The number of likely N-dealkylation sites (tertiary alicyclic amines) is 1. The van der Waals surface area contributed by atoms with Crippen LogP contribution in [0.25, 0.3) is 0 Å². The molecule has 1 aliphatic carbocycles. The molecule has 1 heterocycles. The first-order valence-corrected chi connectivity index (χ1v) is 5.65. The number of nitrogens with zero attached hydrogens (tertiary/aromatic N) is 1. The van der Waals surface area contributed by atoms with Gasteiger partial charge in [-0.2, -0.15) is 0 Å². The summed E-state index contributed by atoms with van der Waals surface area (Å²) in [6, 6.07) is 0.778. The third-order valence-electron chi connectivity index (χ3n) is 4.19. The Hall–Kier alpha value is -0.0800. The highest BCUT2D eigenvalue weighted by molar-refractivity contribution is 5.00. The van der Waals surface area contributed by atoms with Gasteiger partial charge in [-0.1, -0.05) is 6.42 Å². The zero-order valence-electron chi connectivity index (χ0n) is 8.97. The summed E-state index contributed by atoms with van der Waals surface area (Å²) in [5.74, 6) is 0. The summed E-state index contributed by atoms with van der Waals surface area (Å²) in [5.41, 5.74) is 0.575. The van der Waals surface area contributed by atoms with E-state index in [-0.39, 0.29) is 0 Å². The lowest BCUT2D eigenvalue weighted by molar-refractivity contribution is 0.0770. The molecule has 13 heavy (non-hydrogen) atoms. The second-order valence-corrected chi connectivity index (χ2v) is 4.83. The van der Waals surface area contributed by atoms with Crippen LogP contribution < -0.4 is 5.32 Å². The average Bonchev–Trinajstić information content (AvgIpc) is 2.56. The largest absolute Gasteiger partial charge is 0.317 e. The molecule has 0 bridgehead atoms. The van der Waals surface area contributed by atoms with Crippen molar-refractivity contribution in [2.75, 3.05) is 20.6 Å². The van der Waals surface area contributed by atoms with E-state index >= 15 is 0 Å². The fourth-order valence-electron chi connectivity index (χ4n) is 3.16. The van der Waals surface area contributed by atoms with E-state index in [0.29, 0.717) is 5.54 Å². The maximum absolute atomic E-state index is 3.43. The molecule has 1 aliphatic heterocycles. The zero-order chi connectivity index (χ0) is 9.31. The highest BCUT2D eigenvalue weighted by atomic mass is 15.2. The van der Waals surface area contributed by atoms with Crippen molar-refractivity contribution < 1.29 is 0 Å². The van der Waals surface area contributed by atoms with Crippen molar-refractivity contribution in [3.05, 3.63) is 0 Å². The molecule has 2 heteroatoms. The van der Waals surface area contributed by atoms with Crippen LogP contribution in [0.1, 0.15) is 38.5 Å². The van der Waals surface area contributed by atoms with Gasteiger partial charge in [-0.05, 0) is 52.7 Å². The van der Waals surface area contributed by atoms with Crippen LogP contribution in [0.5, 0.6) is 0 Å². The predicted octanol–water partition coefficient (Wildman–Crippen LogP) is 1.61. The number of rotatable bonds is 1. The van der Waals surface area contributed by atoms with Gasteiger partial charge in [-0.3, -0.25) is 0 Å². The fourth-order valence-corrected chi connectivity index (χ4v) is 3.16. The molecule has 2 aliphatic rings. The van der Waals surface area contributed by atoms with Gasteiger partial charge in [-0.15, -0.1) is 0 Å². The zero-order valence-corrected chi connectivity index (χ0v) is 8.97. The SMILES string of the molecule is CNC1CCC2(CCCCN2C)C1. The summed E-state index contributed by atoms with van der Waals surface area (Å²) in [4.78, 5) is 2.62. The fraction of sp³-hybridized carbons (Fsp3) is 1.00. The lowest BCUT2D eigenvalue weighted by Crippen LogP contribution is -2.48. The number of piperidine rings is 1. The molecule has 2 unspecified atom stereocenters. The second kappa shape index (κ2) is 3.58. The summed E-state index contributed by atoms with van der Waals surface area (Å²) in [6.45, 7) is 1.32. The highest BCUT2D eigenvalue weighted by Crippen LogP contribution is 2.40. The molecule has 1 N–H and O–H groups in total. The minimum absolute atomic E-state index is 0.575. The van der Waals surface area contributed by atoms with E-state index in [1.165, 1.54) is 45.1 Å². The monoisotopic (exact) mass is 182 g/mol. The molecule has 2 nitrogen and oxygen atoms in total. The van der Waals surface area contributed by atoms with E-state index in [9.17, 15) is 0 Å². The van der Waals surface area contributed by atoms with Gasteiger partial charge >= 0.3 is 0 Å². The molecule has 0 radical (unpaired) electrons. The van der Waals surface area contributed by atoms with Gasteiger partial charge in [-0.25, -0.2) is 0 Å². The Bertz CT molecular complexity index is 181. The van der Waals surface area contributed by atoms with Crippen molar-refractivity contribution >= 4 is 0 Å². The van der Waals surface area contributed by atoms with Gasteiger partial charge in [0.05, 0.1) is 0 Å². The van der Waals surface area contributed by atoms with Crippen molar-refractivity contribution in [2.45, 2.75) is 50.1 Å². The summed E-state index contributed by atoms with van der Waals surface area (Å²) >= 11 is 0. The number of hydrogen-bond acceptors (Lipinski definition) is 2. The Morgan fingerprint density at radius 3 is 2.77 bits per heavy atom. The molecular formula is C11H22N2. The van der Waals surface area contributed by atoms with Crippen LogP contribution in [0, 0.1) is 0 Å². The van der Waals surface area contributed by atoms with Gasteiger partial charge in [0.25, 0.3) is 0 Å². The van der Waals surface area contributed by atoms with Gasteiger partial charge in [0.1, 0.15) is 0 Å². The lowest BCUT2D eigenvalue weighted by atomic mass is 9.85. The van der Waals surface area contributed by atoms with Crippen molar-refractivity contribution in [1.82, 2.24) is 10.2 Å². The minimum atomic E-state index is 0.575. The third-order valence-corrected chi connectivity index (χ3v) is 4.19. The van der Waals surface area contributed by atoms with E-state index in [0.717, 1.165) is 6.04 Å². The van der Waals surface area contributed by atoms with Crippen LogP contribution in [-0.2, 0) is 0 Å². The predicted molar refractivity (Wildman–Crippen MR) is 55.9 cm³/mol. The topological polar surface area (TPSA) is 15.3 Å². The van der Waals surface area contributed by atoms with E-state index in [4.69, 9.17) is 0 Å². The molecule has 0 amide bonds. The molecule has 1 saturated carbocycles. The second-order valence-electron chi connectivity index (χ2n) is 4.83. The van der Waals surface area contributed by atoms with E-state index in [1.807, 2.05) is 0 Å². The van der Waals surface area contributed by atoms with E-state index in [1.54, 1.807) is 0 Å². The first-order valence-electron chi connectivity index (χ1n) is 5.65. The Morgan fingerprint density at radius 1 is 1.31 bits per heavy atom. The summed E-state index contributed by atoms with van der Waals surface area (Å²) in [5, 5.41) is 3.43. The average molecular weight is 182 g/mol. The van der Waals surface area contributed by atoms with Gasteiger partial charge in [0.2, 0.25) is 0 Å². The summed E-state index contributed by atoms with van der Waals surface area (Å²) < 4.78 is 0. The maximum atomic E-state index is 3.43. The standard InChI is InChI=1S/C11H22N2/c1-12-10-5-7-11(9-10)6-3-4-8-13(11)2/h10,12H,3-9H2,1-2H3. The Balaban J connectivity index is 2.03. The molecule has 2 fully saturated rings. The van der Waals surface area contributed by atoms with Gasteiger partial charge < -0.3 is 10.2 Å². The first kappa shape index (κ1) is 9.47. The summed E-state index contributed by atoms with van der Waals surface area (Å²) in [7, 11) is 4.42. The van der Waals surface area contributed by atoms with E-state index < -0.39 is 0 Å². The number of nitrogens with one attached hydrogen (secondary N) is 1. The lowest BCUT2D eigenvalue weighted by Gasteiger charge is -2.43. The Labute approximate surface area is 81.7 Å². The van der Waals surface area contributed by atoms with Gasteiger partial charge in [0, 0.05) is 11.6 Å². The minimum Gasteiger partial charge on any atom is -0.317 e. The smallest absolute Gasteiger partial charge is 0.0221 e.